The summed E-state index contributed by atoms with van der Waals surface area (Å²) < 4.78 is 0. The lowest BCUT2D eigenvalue weighted by atomic mass is 10.3. The standard InChI is InChI=1S/C9H8N6/c10-4-1-2-5-7-6(3-4)14-15-8(7)13-9(11)12-5/h1-3H,10H2,(H3,11,12,13,14,15). The highest BCUT2D eigenvalue weighted by Crippen LogP contribution is 2.22. The molecule has 0 amide bonds. The van der Waals surface area contributed by atoms with E-state index in [9.17, 15) is 0 Å². The maximum atomic E-state index is 5.73. The molecule has 0 aliphatic rings. The molecule has 15 heavy (non-hydrogen) atoms. The van der Waals surface area contributed by atoms with Gasteiger partial charge in [-0.1, -0.05) is 0 Å². The molecule has 0 fully saturated rings. The summed E-state index contributed by atoms with van der Waals surface area (Å²) in [6.07, 6.45) is 0. The van der Waals surface area contributed by atoms with Gasteiger partial charge in [-0.3, -0.25) is 0 Å². The minimum absolute atomic E-state index is 0.314. The molecule has 2 heterocycles. The number of nitrogens with one attached hydrogen (secondary N) is 1. The zero-order valence-corrected chi connectivity index (χ0v) is 7.73. The maximum Gasteiger partial charge on any atom is 0.199 e. The molecule has 0 spiro atoms. The summed E-state index contributed by atoms with van der Waals surface area (Å²) in [6.45, 7) is 0. The molecule has 1 aromatic carbocycles. The predicted octanol–water partition coefficient (Wildman–Crippen LogP) is 0.670. The van der Waals surface area contributed by atoms with E-state index in [1.54, 1.807) is 12.1 Å². The summed E-state index contributed by atoms with van der Waals surface area (Å²) in [6, 6.07) is 5.38. The molecule has 0 radical (unpaired) electrons. The highest BCUT2D eigenvalue weighted by atomic mass is 15.2. The second-order valence-corrected chi connectivity index (χ2v) is 3.30. The Bertz CT molecular complexity index is 656. The van der Waals surface area contributed by atoms with E-state index in [1.165, 1.54) is 0 Å². The molecule has 6 heteroatoms. The normalized spacial score (nSPS) is 11.2. The second-order valence-electron chi connectivity index (χ2n) is 3.30. The van der Waals surface area contributed by atoms with Crippen LogP contribution in [0.15, 0.2) is 18.2 Å². The van der Waals surface area contributed by atoms with E-state index >= 15 is 0 Å². The topological polar surface area (TPSA) is 106 Å². The average molecular weight is 200 g/mol. The SMILES string of the molecule is Nc1ccc2[nH]c(N)nc3nnc(c1)c32. The summed E-state index contributed by atoms with van der Waals surface area (Å²) in [5.41, 5.74) is 14.0. The van der Waals surface area contributed by atoms with Gasteiger partial charge in [-0.05, 0) is 18.2 Å². The number of nitrogen functional groups attached to an aromatic ring is 2. The maximum absolute atomic E-state index is 5.73. The summed E-state index contributed by atoms with van der Waals surface area (Å²) in [5.74, 6) is 0.314. The highest BCUT2D eigenvalue weighted by Gasteiger charge is 2.08. The molecular weight excluding hydrogens is 192 g/mol. The Kier molecular flexibility index (Phi) is 1.37. The Balaban J connectivity index is 2.66. The van der Waals surface area contributed by atoms with Gasteiger partial charge < -0.3 is 16.5 Å². The van der Waals surface area contributed by atoms with Crippen LogP contribution in [0.3, 0.4) is 0 Å². The van der Waals surface area contributed by atoms with Crippen LogP contribution in [0.4, 0.5) is 11.6 Å². The molecule has 0 aliphatic heterocycles. The molecule has 0 atom stereocenters. The Hall–Kier alpha value is -2.37. The average Bonchev–Trinajstić information content (AvgIpc) is 2.49. The highest BCUT2D eigenvalue weighted by molar-refractivity contribution is 6.04. The molecule has 0 saturated carbocycles. The van der Waals surface area contributed by atoms with Gasteiger partial charge >= 0.3 is 0 Å². The van der Waals surface area contributed by atoms with Gasteiger partial charge in [0.05, 0.1) is 10.9 Å². The Morgan fingerprint density at radius 3 is 2.87 bits per heavy atom. The van der Waals surface area contributed by atoms with Crippen molar-refractivity contribution in [1.82, 2.24) is 20.2 Å². The van der Waals surface area contributed by atoms with Crippen LogP contribution in [0.2, 0.25) is 0 Å². The van der Waals surface area contributed by atoms with Gasteiger partial charge in [-0.2, -0.15) is 4.98 Å². The van der Waals surface area contributed by atoms with E-state index in [-0.39, 0.29) is 0 Å². The van der Waals surface area contributed by atoms with E-state index in [0.717, 1.165) is 10.9 Å². The van der Waals surface area contributed by atoms with Crippen LogP contribution in [0, 0.1) is 0 Å². The van der Waals surface area contributed by atoms with Crippen molar-refractivity contribution < 1.29 is 0 Å². The first-order valence-electron chi connectivity index (χ1n) is 4.41. The number of rotatable bonds is 0. The summed E-state index contributed by atoms with van der Waals surface area (Å²) in [7, 11) is 0. The van der Waals surface area contributed by atoms with E-state index in [2.05, 4.69) is 20.2 Å². The quantitative estimate of drug-likeness (QED) is 0.494. The molecule has 3 rings (SSSR count). The summed E-state index contributed by atoms with van der Waals surface area (Å²) >= 11 is 0. The third-order valence-corrected chi connectivity index (χ3v) is 2.24. The number of hydrogen-bond donors (Lipinski definition) is 3. The van der Waals surface area contributed by atoms with Crippen molar-refractivity contribution >= 4 is 33.7 Å². The van der Waals surface area contributed by atoms with Gasteiger partial charge in [0.15, 0.2) is 11.6 Å². The zero-order valence-electron chi connectivity index (χ0n) is 7.73. The van der Waals surface area contributed by atoms with Crippen LogP contribution in [-0.2, 0) is 0 Å². The van der Waals surface area contributed by atoms with Crippen LogP contribution >= 0.6 is 0 Å². The van der Waals surface area contributed by atoms with Gasteiger partial charge in [0.25, 0.3) is 0 Å². The molecular formula is C9H8N6. The van der Waals surface area contributed by atoms with Crippen molar-refractivity contribution in [3.8, 4) is 0 Å². The molecule has 3 aromatic rings. The van der Waals surface area contributed by atoms with Crippen molar-refractivity contribution in [3.05, 3.63) is 18.2 Å². The molecule has 74 valence electrons. The number of nitrogens with zero attached hydrogens (tertiary/aromatic N) is 3. The minimum atomic E-state index is 0.314. The largest absolute Gasteiger partial charge is 0.399 e. The number of aromatic nitrogens is 4. The van der Waals surface area contributed by atoms with Gasteiger partial charge in [-0.15, -0.1) is 10.2 Å². The third kappa shape index (κ3) is 1.08. The fourth-order valence-corrected chi connectivity index (χ4v) is 1.61. The first-order chi connectivity index (χ1) is 7.24. The first kappa shape index (κ1) is 7.98. The van der Waals surface area contributed by atoms with Crippen molar-refractivity contribution in [2.75, 3.05) is 11.5 Å². The second kappa shape index (κ2) is 2.57. The summed E-state index contributed by atoms with van der Waals surface area (Å²) in [4.78, 5) is 7.00. The monoisotopic (exact) mass is 200 g/mol. The molecule has 0 saturated heterocycles. The third-order valence-electron chi connectivity index (χ3n) is 2.24. The fraction of sp³-hybridized carbons (Fsp3) is 0. The van der Waals surface area contributed by atoms with Crippen molar-refractivity contribution in [2.24, 2.45) is 0 Å². The van der Waals surface area contributed by atoms with Crippen LogP contribution in [0.1, 0.15) is 0 Å². The Labute approximate surface area is 84.3 Å². The predicted molar refractivity (Wildman–Crippen MR) is 58.0 cm³/mol. The lowest BCUT2D eigenvalue weighted by Gasteiger charge is -1.94. The molecule has 0 aliphatic carbocycles. The van der Waals surface area contributed by atoms with Crippen molar-refractivity contribution in [1.29, 1.82) is 0 Å². The Morgan fingerprint density at radius 2 is 2.00 bits per heavy atom. The minimum Gasteiger partial charge on any atom is -0.399 e. The van der Waals surface area contributed by atoms with E-state index < -0.39 is 0 Å². The lowest BCUT2D eigenvalue weighted by molar-refractivity contribution is 1.12. The number of hydrogen-bond acceptors (Lipinski definition) is 5. The van der Waals surface area contributed by atoms with Gasteiger partial charge in [0, 0.05) is 5.69 Å². The molecule has 0 unspecified atom stereocenters. The summed E-state index contributed by atoms with van der Waals surface area (Å²) in [5, 5.41) is 8.77. The zero-order chi connectivity index (χ0) is 10.4. The fourth-order valence-electron chi connectivity index (χ4n) is 1.61. The lowest BCUT2D eigenvalue weighted by Crippen LogP contribution is -1.94. The van der Waals surface area contributed by atoms with E-state index in [1.807, 2.05) is 6.07 Å². The van der Waals surface area contributed by atoms with Gasteiger partial charge in [0.1, 0.15) is 5.52 Å². The van der Waals surface area contributed by atoms with Gasteiger partial charge in [-0.25, -0.2) is 0 Å². The molecule has 5 N–H and O–H groups in total. The van der Waals surface area contributed by atoms with Crippen molar-refractivity contribution in [3.63, 3.8) is 0 Å². The Morgan fingerprint density at radius 1 is 1.13 bits per heavy atom. The van der Waals surface area contributed by atoms with E-state index in [0.29, 0.717) is 22.8 Å². The van der Waals surface area contributed by atoms with Crippen LogP contribution in [0.5, 0.6) is 0 Å². The first-order valence-corrected chi connectivity index (χ1v) is 4.41. The van der Waals surface area contributed by atoms with Crippen LogP contribution in [0.25, 0.3) is 22.1 Å². The molecule has 2 aromatic heterocycles. The van der Waals surface area contributed by atoms with Gasteiger partial charge in [0.2, 0.25) is 0 Å². The number of H-pyrrole nitrogens is 1. The van der Waals surface area contributed by atoms with Crippen molar-refractivity contribution in [2.45, 2.75) is 0 Å². The van der Waals surface area contributed by atoms with Crippen LogP contribution in [-0.4, -0.2) is 20.2 Å². The number of aromatic amines is 1. The molecule has 6 nitrogen and oxygen atoms in total. The smallest absolute Gasteiger partial charge is 0.199 e. The number of anilines is 2. The number of nitrogens with two attached hydrogens (primary N) is 2. The molecule has 0 bridgehead atoms. The van der Waals surface area contributed by atoms with E-state index in [4.69, 9.17) is 11.5 Å². The van der Waals surface area contributed by atoms with Crippen LogP contribution < -0.4 is 11.5 Å².